The standard InChI is InChI=1S/C6H10NO3P/c1-10-11(2,9)4-3-6(8)5-7/h3-4H2,1-2H3. The fourth-order valence-corrected chi connectivity index (χ4v) is 1.24. The molecule has 0 aromatic carbocycles. The molecule has 0 saturated carbocycles. The molecule has 5 heteroatoms. The lowest BCUT2D eigenvalue weighted by molar-refractivity contribution is -0.113. The Morgan fingerprint density at radius 2 is 2.27 bits per heavy atom. The van der Waals surface area contributed by atoms with E-state index in [0.29, 0.717) is 0 Å². The third-order valence-electron chi connectivity index (χ3n) is 1.26. The number of rotatable bonds is 4. The molecule has 0 rings (SSSR count). The third kappa shape index (κ3) is 4.72. The highest BCUT2D eigenvalue weighted by atomic mass is 31.2. The first-order valence-corrected chi connectivity index (χ1v) is 5.33. The van der Waals surface area contributed by atoms with E-state index >= 15 is 0 Å². The molecule has 0 aliphatic rings. The van der Waals surface area contributed by atoms with E-state index in [1.165, 1.54) is 19.8 Å². The molecule has 4 nitrogen and oxygen atoms in total. The number of hydrogen-bond donors (Lipinski definition) is 0. The molecule has 0 amide bonds. The molecule has 0 radical (unpaired) electrons. The van der Waals surface area contributed by atoms with E-state index in [9.17, 15) is 9.36 Å². The van der Waals surface area contributed by atoms with Crippen molar-refractivity contribution in [3.8, 4) is 6.07 Å². The van der Waals surface area contributed by atoms with Gasteiger partial charge in [-0.1, -0.05) is 0 Å². The molecule has 62 valence electrons. The van der Waals surface area contributed by atoms with Crippen LogP contribution in [-0.4, -0.2) is 25.7 Å². The van der Waals surface area contributed by atoms with Crippen LogP contribution >= 0.6 is 7.37 Å². The zero-order valence-corrected chi connectivity index (χ0v) is 7.43. The number of Topliss-reactive ketones (excluding diaryl/α,β-unsaturated/α-hetero) is 1. The number of carbonyl (C=O) groups is 1. The van der Waals surface area contributed by atoms with Gasteiger partial charge in [-0.2, -0.15) is 5.26 Å². The van der Waals surface area contributed by atoms with Crippen molar-refractivity contribution in [3.63, 3.8) is 0 Å². The summed E-state index contributed by atoms with van der Waals surface area (Å²) in [6.45, 7) is 1.44. The first-order chi connectivity index (χ1) is 5.02. The summed E-state index contributed by atoms with van der Waals surface area (Å²) in [7, 11) is -1.28. The van der Waals surface area contributed by atoms with Crippen LogP contribution in [0.3, 0.4) is 0 Å². The molecule has 0 saturated heterocycles. The lowest BCUT2D eigenvalue weighted by Crippen LogP contribution is -1.98. The average Bonchev–Trinajstić information content (AvgIpc) is 2.00. The number of hydrogen-bond acceptors (Lipinski definition) is 4. The van der Waals surface area contributed by atoms with E-state index in [-0.39, 0.29) is 12.6 Å². The largest absolute Gasteiger partial charge is 0.332 e. The molecule has 1 unspecified atom stereocenters. The molecule has 0 aromatic rings. The fraction of sp³-hybridized carbons (Fsp3) is 0.667. The maximum atomic E-state index is 11.1. The van der Waals surface area contributed by atoms with Crippen molar-refractivity contribution in [3.05, 3.63) is 0 Å². The molecule has 0 N–H and O–H groups in total. The summed E-state index contributed by atoms with van der Waals surface area (Å²) in [5.74, 6) is -0.552. The summed E-state index contributed by atoms with van der Waals surface area (Å²) in [4.78, 5) is 10.4. The minimum absolute atomic E-state index is 0.0120. The van der Waals surface area contributed by atoms with Gasteiger partial charge in [0.2, 0.25) is 5.78 Å². The van der Waals surface area contributed by atoms with Crippen LogP contribution in [0, 0.1) is 11.3 Å². The minimum Gasteiger partial charge on any atom is -0.332 e. The van der Waals surface area contributed by atoms with E-state index in [2.05, 4.69) is 4.52 Å². The monoisotopic (exact) mass is 175 g/mol. The molecule has 0 aliphatic heterocycles. The quantitative estimate of drug-likeness (QED) is 0.472. The lowest BCUT2D eigenvalue weighted by atomic mass is 10.3. The molecule has 0 heterocycles. The van der Waals surface area contributed by atoms with Crippen molar-refractivity contribution in [2.45, 2.75) is 6.42 Å². The van der Waals surface area contributed by atoms with Crippen LogP contribution in [0.15, 0.2) is 0 Å². The van der Waals surface area contributed by atoms with Crippen molar-refractivity contribution in [1.82, 2.24) is 0 Å². The Kier molecular flexibility index (Phi) is 4.02. The molecular formula is C6H10NO3P. The maximum absolute atomic E-state index is 11.1. The van der Waals surface area contributed by atoms with Crippen molar-refractivity contribution < 1.29 is 13.9 Å². The van der Waals surface area contributed by atoms with E-state index in [0.717, 1.165) is 0 Å². The fourth-order valence-electron chi connectivity index (χ4n) is 0.452. The molecule has 0 spiro atoms. The number of nitriles is 1. The molecule has 0 bridgehead atoms. The van der Waals surface area contributed by atoms with Gasteiger partial charge in [0, 0.05) is 26.4 Å². The Labute approximate surface area is 65.6 Å². The topological polar surface area (TPSA) is 67.2 Å². The molecule has 0 fully saturated rings. The number of carbonyl (C=O) groups excluding carboxylic acids is 1. The molecule has 1 atom stereocenters. The average molecular weight is 175 g/mol. The molecule has 0 aromatic heterocycles. The Morgan fingerprint density at radius 1 is 1.73 bits per heavy atom. The van der Waals surface area contributed by atoms with Crippen LogP contribution < -0.4 is 0 Å². The molecular weight excluding hydrogens is 165 g/mol. The van der Waals surface area contributed by atoms with Crippen LogP contribution in [0.5, 0.6) is 0 Å². The van der Waals surface area contributed by atoms with Gasteiger partial charge in [0.1, 0.15) is 6.07 Å². The molecule has 11 heavy (non-hydrogen) atoms. The van der Waals surface area contributed by atoms with Crippen molar-refractivity contribution in [2.75, 3.05) is 19.9 Å². The Balaban J connectivity index is 3.82. The zero-order valence-electron chi connectivity index (χ0n) is 6.53. The van der Waals surface area contributed by atoms with E-state index in [1.807, 2.05) is 0 Å². The summed E-state index contributed by atoms with van der Waals surface area (Å²) in [5.41, 5.74) is 0. The van der Waals surface area contributed by atoms with Crippen LogP contribution in [0.2, 0.25) is 0 Å². The van der Waals surface area contributed by atoms with Crippen LogP contribution in [0.1, 0.15) is 6.42 Å². The second-order valence-electron chi connectivity index (χ2n) is 2.21. The number of nitrogens with zero attached hydrogens (tertiary/aromatic N) is 1. The molecule has 0 aliphatic carbocycles. The summed E-state index contributed by atoms with van der Waals surface area (Å²) >= 11 is 0. The van der Waals surface area contributed by atoms with E-state index in [1.54, 1.807) is 0 Å². The maximum Gasteiger partial charge on any atom is 0.232 e. The predicted molar refractivity (Wildman–Crippen MR) is 40.6 cm³/mol. The van der Waals surface area contributed by atoms with Gasteiger partial charge in [0.25, 0.3) is 0 Å². The zero-order chi connectivity index (χ0) is 8.91. The van der Waals surface area contributed by atoms with Gasteiger partial charge in [-0.25, -0.2) is 0 Å². The van der Waals surface area contributed by atoms with Gasteiger partial charge < -0.3 is 4.52 Å². The van der Waals surface area contributed by atoms with E-state index < -0.39 is 13.2 Å². The minimum atomic E-state index is -2.61. The van der Waals surface area contributed by atoms with Gasteiger partial charge in [-0.15, -0.1) is 0 Å². The summed E-state index contributed by atoms with van der Waals surface area (Å²) in [6, 6.07) is 1.45. The second kappa shape index (κ2) is 4.27. The summed E-state index contributed by atoms with van der Waals surface area (Å²) in [6.07, 6.45) is 0.161. The highest BCUT2D eigenvalue weighted by Crippen LogP contribution is 2.41. The Bertz CT molecular complexity index is 230. The Morgan fingerprint density at radius 3 is 2.64 bits per heavy atom. The highest BCUT2D eigenvalue weighted by Gasteiger charge is 2.15. The first-order valence-electron chi connectivity index (χ1n) is 3.07. The van der Waals surface area contributed by atoms with Crippen LogP contribution in [-0.2, 0) is 13.9 Å². The summed E-state index contributed by atoms with van der Waals surface area (Å²) < 4.78 is 15.7. The van der Waals surface area contributed by atoms with Gasteiger partial charge in [0.05, 0.1) is 0 Å². The van der Waals surface area contributed by atoms with Gasteiger partial charge >= 0.3 is 0 Å². The van der Waals surface area contributed by atoms with Crippen molar-refractivity contribution >= 4 is 13.2 Å². The summed E-state index contributed by atoms with van der Waals surface area (Å²) in [5, 5.41) is 8.07. The normalized spacial score (nSPS) is 15.0. The SMILES string of the molecule is COP(C)(=O)CCC(=O)C#N. The van der Waals surface area contributed by atoms with Crippen LogP contribution in [0.25, 0.3) is 0 Å². The smallest absolute Gasteiger partial charge is 0.232 e. The predicted octanol–water partition coefficient (Wildman–Crippen LogP) is 1.02. The van der Waals surface area contributed by atoms with E-state index in [4.69, 9.17) is 5.26 Å². The van der Waals surface area contributed by atoms with Gasteiger partial charge in [0.15, 0.2) is 7.37 Å². The lowest BCUT2D eigenvalue weighted by Gasteiger charge is -2.07. The number of ketones is 1. The first kappa shape index (κ1) is 10.3. The van der Waals surface area contributed by atoms with Gasteiger partial charge in [-0.05, 0) is 0 Å². The Hall–Kier alpha value is -0.650. The highest BCUT2D eigenvalue weighted by molar-refractivity contribution is 7.58. The van der Waals surface area contributed by atoms with Crippen LogP contribution in [0.4, 0.5) is 0 Å². The second-order valence-corrected chi connectivity index (χ2v) is 5.05. The van der Waals surface area contributed by atoms with Crippen molar-refractivity contribution in [1.29, 1.82) is 5.26 Å². The third-order valence-corrected chi connectivity index (χ3v) is 3.06. The van der Waals surface area contributed by atoms with Crippen molar-refractivity contribution in [2.24, 2.45) is 0 Å². The van der Waals surface area contributed by atoms with Gasteiger partial charge in [-0.3, -0.25) is 9.36 Å².